The molecule has 4 nitrogen and oxygen atoms in total. The molecule has 2 N–H and O–H groups in total. The van der Waals surface area contributed by atoms with Gasteiger partial charge in [-0.2, -0.15) is 0 Å². The van der Waals surface area contributed by atoms with E-state index in [1.54, 1.807) is 18.3 Å². The van der Waals surface area contributed by atoms with E-state index in [0.29, 0.717) is 5.56 Å². The molecule has 4 saturated carbocycles. The summed E-state index contributed by atoms with van der Waals surface area (Å²) in [6, 6.07) is 3.22. The first-order valence-corrected chi connectivity index (χ1v) is 7.59. The lowest BCUT2D eigenvalue weighted by atomic mass is 9.53. The maximum Gasteiger partial charge on any atom is 0.335 e. The second kappa shape index (κ2) is 4.21. The van der Waals surface area contributed by atoms with Gasteiger partial charge < -0.3 is 10.4 Å². The molecule has 0 unspecified atom stereocenters. The molecule has 4 heteroatoms. The van der Waals surface area contributed by atoms with Crippen LogP contribution in [0.1, 0.15) is 48.9 Å². The van der Waals surface area contributed by atoms with Crippen molar-refractivity contribution < 1.29 is 9.90 Å². The van der Waals surface area contributed by atoms with Crippen LogP contribution in [0.15, 0.2) is 18.3 Å². The molecule has 5 rings (SSSR count). The molecule has 0 aliphatic heterocycles. The summed E-state index contributed by atoms with van der Waals surface area (Å²) in [5.41, 5.74) is 0.492. The third-order valence-corrected chi connectivity index (χ3v) is 5.44. The highest BCUT2D eigenvalue weighted by Gasteiger charge is 2.51. The largest absolute Gasteiger partial charge is 0.478 e. The minimum atomic E-state index is -0.888. The van der Waals surface area contributed by atoms with Crippen molar-refractivity contribution in [2.24, 2.45) is 17.8 Å². The normalized spacial score (nSPS) is 37.9. The Balaban J connectivity index is 1.59. The lowest BCUT2D eigenvalue weighted by Gasteiger charge is -2.57. The molecule has 1 aromatic heterocycles. The zero-order chi connectivity index (χ0) is 13.7. The number of carboxylic acids is 1. The molecule has 4 aliphatic carbocycles. The van der Waals surface area contributed by atoms with Gasteiger partial charge in [-0.05, 0) is 68.4 Å². The van der Waals surface area contributed by atoms with Gasteiger partial charge in [0.15, 0.2) is 0 Å². The number of rotatable bonds is 3. The molecule has 0 saturated heterocycles. The second-order valence-electron chi connectivity index (χ2n) is 7.06. The van der Waals surface area contributed by atoms with Crippen LogP contribution < -0.4 is 5.32 Å². The molecule has 0 spiro atoms. The summed E-state index contributed by atoms with van der Waals surface area (Å²) in [6.07, 6.45) is 9.51. The van der Waals surface area contributed by atoms with Crippen LogP contribution in [0.2, 0.25) is 0 Å². The summed E-state index contributed by atoms with van der Waals surface area (Å²) in [7, 11) is 0. The van der Waals surface area contributed by atoms with Gasteiger partial charge in [0.1, 0.15) is 5.82 Å². The number of carboxylic acid groups (broad SMARTS) is 1. The first kappa shape index (κ1) is 12.2. The van der Waals surface area contributed by atoms with Crippen molar-refractivity contribution in [1.29, 1.82) is 0 Å². The summed E-state index contributed by atoms with van der Waals surface area (Å²) in [5.74, 6) is 2.46. The maximum atomic E-state index is 11.1. The molecular formula is C16H20N2O2. The van der Waals surface area contributed by atoms with E-state index in [1.807, 2.05) is 0 Å². The first-order valence-electron chi connectivity index (χ1n) is 7.59. The topological polar surface area (TPSA) is 62.2 Å². The number of anilines is 1. The van der Waals surface area contributed by atoms with Gasteiger partial charge in [0.2, 0.25) is 0 Å². The molecule has 1 heterocycles. The van der Waals surface area contributed by atoms with E-state index in [4.69, 9.17) is 5.11 Å². The maximum absolute atomic E-state index is 11.1. The highest BCUT2D eigenvalue weighted by molar-refractivity contribution is 5.88. The zero-order valence-electron chi connectivity index (χ0n) is 11.5. The van der Waals surface area contributed by atoms with Gasteiger partial charge in [-0.15, -0.1) is 0 Å². The van der Waals surface area contributed by atoms with Crippen molar-refractivity contribution in [1.82, 2.24) is 4.98 Å². The molecular weight excluding hydrogens is 252 g/mol. The van der Waals surface area contributed by atoms with Crippen molar-refractivity contribution in [2.45, 2.75) is 44.1 Å². The Labute approximate surface area is 118 Å². The molecule has 1 aromatic rings. The van der Waals surface area contributed by atoms with Crippen LogP contribution in [0.3, 0.4) is 0 Å². The smallest absolute Gasteiger partial charge is 0.335 e. The number of nitrogens with one attached hydrogen (secondary N) is 1. The SMILES string of the molecule is O=C(O)c1ccnc(NC23CC4CC(CC(C4)C2)C3)c1. The van der Waals surface area contributed by atoms with E-state index >= 15 is 0 Å². The van der Waals surface area contributed by atoms with Crippen molar-refractivity contribution in [2.75, 3.05) is 5.32 Å². The molecule has 0 radical (unpaired) electrons. The van der Waals surface area contributed by atoms with Gasteiger partial charge in [-0.1, -0.05) is 0 Å². The Bertz CT molecular complexity index is 520. The molecule has 0 amide bonds. The quantitative estimate of drug-likeness (QED) is 0.887. The second-order valence-corrected chi connectivity index (χ2v) is 7.06. The Kier molecular flexibility index (Phi) is 2.56. The number of carbonyl (C=O) groups is 1. The average molecular weight is 272 g/mol. The predicted molar refractivity (Wildman–Crippen MR) is 75.7 cm³/mol. The Morgan fingerprint density at radius 1 is 1.20 bits per heavy atom. The fraction of sp³-hybridized carbons (Fsp3) is 0.625. The van der Waals surface area contributed by atoms with Crippen LogP contribution in [0, 0.1) is 17.8 Å². The van der Waals surface area contributed by atoms with Crippen LogP contribution in [0.25, 0.3) is 0 Å². The predicted octanol–water partition coefficient (Wildman–Crippen LogP) is 3.16. The fourth-order valence-corrected chi connectivity index (χ4v) is 5.17. The van der Waals surface area contributed by atoms with E-state index in [0.717, 1.165) is 23.6 Å². The van der Waals surface area contributed by atoms with Gasteiger partial charge in [0.25, 0.3) is 0 Å². The summed E-state index contributed by atoms with van der Waals surface area (Å²) in [6.45, 7) is 0. The highest BCUT2D eigenvalue weighted by atomic mass is 16.4. The van der Waals surface area contributed by atoms with E-state index in [-0.39, 0.29) is 5.54 Å². The number of hydrogen-bond acceptors (Lipinski definition) is 3. The van der Waals surface area contributed by atoms with Crippen LogP contribution in [-0.4, -0.2) is 21.6 Å². The van der Waals surface area contributed by atoms with Gasteiger partial charge >= 0.3 is 5.97 Å². The molecule has 4 aliphatic rings. The van der Waals surface area contributed by atoms with E-state index < -0.39 is 5.97 Å². The molecule has 0 aromatic carbocycles. The number of aromatic nitrogens is 1. The Morgan fingerprint density at radius 3 is 2.35 bits per heavy atom. The molecule has 4 fully saturated rings. The first-order chi connectivity index (χ1) is 9.62. The minimum absolute atomic E-state index is 0.179. The minimum Gasteiger partial charge on any atom is -0.478 e. The third-order valence-electron chi connectivity index (χ3n) is 5.44. The molecule has 106 valence electrons. The molecule has 4 bridgehead atoms. The van der Waals surface area contributed by atoms with Gasteiger partial charge in [0, 0.05) is 11.7 Å². The lowest BCUT2D eigenvalue weighted by molar-refractivity contribution is 0.0105. The van der Waals surface area contributed by atoms with Crippen molar-refractivity contribution in [3.05, 3.63) is 23.9 Å². The van der Waals surface area contributed by atoms with Crippen LogP contribution in [0.5, 0.6) is 0 Å². The number of aromatic carboxylic acids is 1. The highest BCUT2D eigenvalue weighted by Crippen LogP contribution is 2.56. The van der Waals surface area contributed by atoms with Crippen LogP contribution in [-0.2, 0) is 0 Å². The van der Waals surface area contributed by atoms with Gasteiger partial charge in [0.05, 0.1) is 5.56 Å². The molecule has 0 atom stereocenters. The van der Waals surface area contributed by atoms with Crippen molar-refractivity contribution in [3.8, 4) is 0 Å². The average Bonchev–Trinajstić information content (AvgIpc) is 2.36. The van der Waals surface area contributed by atoms with Crippen molar-refractivity contribution in [3.63, 3.8) is 0 Å². The number of nitrogens with zero attached hydrogens (tertiary/aromatic N) is 1. The molecule has 20 heavy (non-hydrogen) atoms. The summed E-state index contributed by atoms with van der Waals surface area (Å²) >= 11 is 0. The van der Waals surface area contributed by atoms with Crippen LogP contribution in [0.4, 0.5) is 5.82 Å². The van der Waals surface area contributed by atoms with E-state index in [9.17, 15) is 4.79 Å². The summed E-state index contributed by atoms with van der Waals surface area (Å²) in [5, 5.41) is 12.7. The lowest BCUT2D eigenvalue weighted by Crippen LogP contribution is -2.54. The third kappa shape index (κ3) is 1.98. The van der Waals surface area contributed by atoms with E-state index in [2.05, 4.69) is 10.3 Å². The van der Waals surface area contributed by atoms with E-state index in [1.165, 1.54) is 38.5 Å². The van der Waals surface area contributed by atoms with Gasteiger partial charge in [-0.25, -0.2) is 9.78 Å². The van der Waals surface area contributed by atoms with Crippen molar-refractivity contribution >= 4 is 11.8 Å². The zero-order valence-corrected chi connectivity index (χ0v) is 11.5. The van der Waals surface area contributed by atoms with Crippen LogP contribution >= 0.6 is 0 Å². The summed E-state index contributed by atoms with van der Waals surface area (Å²) < 4.78 is 0. The standard InChI is InChI=1S/C16H20N2O2/c19-15(20)13-1-2-17-14(6-13)18-16-7-10-3-11(8-16)5-12(4-10)9-16/h1-2,6,10-12H,3-5,7-9H2,(H,17,18)(H,19,20). The monoisotopic (exact) mass is 272 g/mol. The number of pyridine rings is 1. The van der Waals surface area contributed by atoms with Gasteiger partial charge in [-0.3, -0.25) is 0 Å². The fourth-order valence-electron chi connectivity index (χ4n) is 5.17. The Hall–Kier alpha value is -1.58. The summed E-state index contributed by atoms with van der Waals surface area (Å²) in [4.78, 5) is 15.4. The number of hydrogen-bond donors (Lipinski definition) is 2. The Morgan fingerprint density at radius 2 is 1.80 bits per heavy atom.